The second kappa shape index (κ2) is 4.37. The highest BCUT2D eigenvalue weighted by Crippen LogP contribution is 2.21. The van der Waals surface area contributed by atoms with E-state index in [1.807, 2.05) is 20.8 Å². The molecule has 0 aromatic heterocycles. The van der Waals surface area contributed by atoms with Gasteiger partial charge in [-0.1, -0.05) is 0 Å². The summed E-state index contributed by atoms with van der Waals surface area (Å²) in [6.07, 6.45) is -0.302. The van der Waals surface area contributed by atoms with Crippen molar-refractivity contribution in [3.8, 4) is 0 Å². The van der Waals surface area contributed by atoms with Crippen molar-refractivity contribution >= 4 is 6.09 Å². The van der Waals surface area contributed by atoms with Gasteiger partial charge in [0.1, 0.15) is 5.60 Å². The van der Waals surface area contributed by atoms with E-state index in [4.69, 9.17) is 15.6 Å². The van der Waals surface area contributed by atoms with Crippen molar-refractivity contribution in [3.63, 3.8) is 0 Å². The molecule has 1 unspecified atom stereocenters. The number of aliphatic hydroxyl groups excluding tert-OH is 1. The van der Waals surface area contributed by atoms with E-state index >= 15 is 0 Å². The lowest BCUT2D eigenvalue weighted by molar-refractivity contribution is -0.00778. The standard InChI is InChI=1S/C10H20N2O3/c1-10(2,3)15-9(14)12-4-7(5-12)8(11)6-13/h7-8,13H,4-6,11H2,1-3H3. The summed E-state index contributed by atoms with van der Waals surface area (Å²) in [5.41, 5.74) is 5.18. The van der Waals surface area contributed by atoms with Gasteiger partial charge in [0.15, 0.2) is 0 Å². The smallest absolute Gasteiger partial charge is 0.410 e. The van der Waals surface area contributed by atoms with E-state index in [-0.39, 0.29) is 24.7 Å². The maximum Gasteiger partial charge on any atom is 0.410 e. The Kier molecular flexibility index (Phi) is 3.57. The average molecular weight is 216 g/mol. The van der Waals surface area contributed by atoms with Gasteiger partial charge in [-0.25, -0.2) is 4.79 Å². The number of amides is 1. The lowest BCUT2D eigenvalue weighted by Crippen LogP contribution is -2.58. The first kappa shape index (κ1) is 12.3. The maximum atomic E-state index is 11.5. The number of carbonyl (C=O) groups excluding carboxylic acids is 1. The molecular formula is C10H20N2O3. The Morgan fingerprint density at radius 1 is 1.60 bits per heavy atom. The van der Waals surface area contributed by atoms with Gasteiger partial charge in [0.25, 0.3) is 0 Å². The molecule has 0 bridgehead atoms. The fraction of sp³-hybridized carbons (Fsp3) is 0.900. The quantitative estimate of drug-likeness (QED) is 0.690. The lowest BCUT2D eigenvalue weighted by Gasteiger charge is -2.41. The van der Waals surface area contributed by atoms with Crippen LogP contribution < -0.4 is 5.73 Å². The van der Waals surface area contributed by atoms with Gasteiger partial charge in [-0.05, 0) is 20.8 Å². The van der Waals surface area contributed by atoms with E-state index in [0.29, 0.717) is 13.1 Å². The maximum absolute atomic E-state index is 11.5. The molecule has 1 heterocycles. The first-order valence-electron chi connectivity index (χ1n) is 5.18. The molecule has 5 nitrogen and oxygen atoms in total. The molecule has 1 aliphatic heterocycles. The molecule has 1 amide bonds. The Morgan fingerprint density at radius 3 is 2.53 bits per heavy atom. The first-order chi connectivity index (χ1) is 6.83. The topological polar surface area (TPSA) is 75.8 Å². The number of nitrogens with two attached hydrogens (primary N) is 1. The molecule has 0 aliphatic carbocycles. The molecule has 1 saturated heterocycles. The van der Waals surface area contributed by atoms with E-state index in [0.717, 1.165) is 0 Å². The third-order valence-electron chi connectivity index (χ3n) is 2.38. The minimum Gasteiger partial charge on any atom is -0.444 e. The van der Waals surface area contributed by atoms with E-state index in [2.05, 4.69) is 0 Å². The Morgan fingerprint density at radius 2 is 2.13 bits per heavy atom. The number of ether oxygens (including phenoxy) is 1. The third-order valence-corrected chi connectivity index (χ3v) is 2.38. The summed E-state index contributed by atoms with van der Waals surface area (Å²) in [5, 5.41) is 8.82. The summed E-state index contributed by atoms with van der Waals surface area (Å²) < 4.78 is 5.19. The number of hydrogen-bond acceptors (Lipinski definition) is 4. The van der Waals surface area contributed by atoms with Crippen LogP contribution in [0.3, 0.4) is 0 Å². The fourth-order valence-corrected chi connectivity index (χ4v) is 1.41. The van der Waals surface area contributed by atoms with Crippen LogP contribution in [0.25, 0.3) is 0 Å². The third kappa shape index (κ3) is 3.35. The highest BCUT2D eigenvalue weighted by molar-refractivity contribution is 5.69. The monoisotopic (exact) mass is 216 g/mol. The van der Waals surface area contributed by atoms with E-state index in [1.165, 1.54) is 0 Å². The molecule has 0 radical (unpaired) electrons. The van der Waals surface area contributed by atoms with Crippen LogP contribution in [0.15, 0.2) is 0 Å². The van der Waals surface area contributed by atoms with E-state index in [1.54, 1.807) is 4.90 Å². The number of likely N-dealkylation sites (tertiary alicyclic amines) is 1. The van der Waals surface area contributed by atoms with Gasteiger partial charge < -0.3 is 20.5 Å². The van der Waals surface area contributed by atoms with Crippen molar-refractivity contribution < 1.29 is 14.6 Å². The SMILES string of the molecule is CC(C)(C)OC(=O)N1CC(C(N)CO)C1. The summed E-state index contributed by atoms with van der Waals surface area (Å²) in [4.78, 5) is 13.1. The van der Waals surface area contributed by atoms with Gasteiger partial charge in [0.2, 0.25) is 0 Å². The number of aliphatic hydroxyl groups is 1. The van der Waals surface area contributed by atoms with E-state index in [9.17, 15) is 4.79 Å². The lowest BCUT2D eigenvalue weighted by atomic mass is 9.93. The molecule has 0 saturated carbocycles. The second-order valence-electron chi connectivity index (χ2n) is 4.99. The minimum atomic E-state index is -0.457. The van der Waals surface area contributed by atoms with Crippen LogP contribution in [0.2, 0.25) is 0 Å². The van der Waals surface area contributed by atoms with E-state index < -0.39 is 5.60 Å². The van der Waals surface area contributed by atoms with Crippen molar-refractivity contribution in [2.45, 2.75) is 32.4 Å². The predicted octanol–water partition coefficient (Wildman–Crippen LogP) is 0.173. The number of carbonyl (C=O) groups is 1. The summed E-state index contributed by atoms with van der Waals surface area (Å²) in [7, 11) is 0. The van der Waals surface area contributed by atoms with Crippen LogP contribution in [0.1, 0.15) is 20.8 Å². The molecule has 3 N–H and O–H groups in total. The van der Waals surface area contributed by atoms with Gasteiger partial charge in [-0.2, -0.15) is 0 Å². The first-order valence-corrected chi connectivity index (χ1v) is 5.18. The van der Waals surface area contributed by atoms with Crippen LogP contribution in [0.5, 0.6) is 0 Å². The molecule has 1 fully saturated rings. The summed E-state index contributed by atoms with van der Waals surface area (Å²) in [6.45, 7) is 6.63. The van der Waals surface area contributed by atoms with Crippen LogP contribution in [-0.2, 0) is 4.74 Å². The zero-order chi connectivity index (χ0) is 11.6. The molecule has 0 aromatic carbocycles. The highest BCUT2D eigenvalue weighted by atomic mass is 16.6. The Labute approximate surface area is 90.2 Å². The second-order valence-corrected chi connectivity index (χ2v) is 4.99. The van der Waals surface area contributed by atoms with Crippen LogP contribution >= 0.6 is 0 Å². The molecule has 0 spiro atoms. The molecule has 1 atom stereocenters. The Balaban J connectivity index is 2.30. The normalized spacial score (nSPS) is 19.7. The fourth-order valence-electron chi connectivity index (χ4n) is 1.41. The number of hydrogen-bond donors (Lipinski definition) is 2. The summed E-state index contributed by atoms with van der Waals surface area (Å²) in [6, 6.07) is -0.233. The molecule has 1 aliphatic rings. The van der Waals surface area contributed by atoms with Crippen molar-refractivity contribution in [1.82, 2.24) is 4.90 Å². The number of nitrogens with zero attached hydrogens (tertiary/aromatic N) is 1. The summed E-state index contributed by atoms with van der Waals surface area (Å²) in [5.74, 6) is 0.197. The summed E-state index contributed by atoms with van der Waals surface area (Å²) >= 11 is 0. The molecular weight excluding hydrogens is 196 g/mol. The van der Waals surface area contributed by atoms with Gasteiger partial charge in [0, 0.05) is 25.0 Å². The van der Waals surface area contributed by atoms with Gasteiger partial charge in [-0.3, -0.25) is 0 Å². The van der Waals surface area contributed by atoms with Crippen molar-refractivity contribution in [1.29, 1.82) is 0 Å². The van der Waals surface area contributed by atoms with Crippen LogP contribution in [0.4, 0.5) is 4.79 Å². The molecule has 0 aromatic rings. The van der Waals surface area contributed by atoms with Crippen molar-refractivity contribution in [2.75, 3.05) is 19.7 Å². The zero-order valence-electron chi connectivity index (χ0n) is 9.56. The average Bonchev–Trinajstić information content (AvgIpc) is 1.97. The largest absolute Gasteiger partial charge is 0.444 e. The Hall–Kier alpha value is -0.810. The number of rotatable bonds is 2. The van der Waals surface area contributed by atoms with Crippen molar-refractivity contribution in [2.24, 2.45) is 11.7 Å². The molecule has 15 heavy (non-hydrogen) atoms. The molecule has 1 rings (SSSR count). The van der Waals surface area contributed by atoms with Gasteiger partial charge >= 0.3 is 6.09 Å². The van der Waals surface area contributed by atoms with Crippen molar-refractivity contribution in [3.05, 3.63) is 0 Å². The van der Waals surface area contributed by atoms with Crippen LogP contribution in [0, 0.1) is 5.92 Å². The molecule has 5 heteroatoms. The van der Waals surface area contributed by atoms with Gasteiger partial charge in [-0.15, -0.1) is 0 Å². The zero-order valence-corrected chi connectivity index (χ0v) is 9.56. The minimum absolute atomic E-state index is 0.0349. The van der Waals surface area contributed by atoms with Gasteiger partial charge in [0.05, 0.1) is 6.61 Å². The predicted molar refractivity (Wildman–Crippen MR) is 56.4 cm³/mol. The molecule has 88 valence electrons. The highest BCUT2D eigenvalue weighted by Gasteiger charge is 2.36. The van der Waals surface area contributed by atoms with Crippen LogP contribution in [-0.4, -0.2) is 47.4 Å². The Bertz CT molecular complexity index is 231.